The lowest BCUT2D eigenvalue weighted by Gasteiger charge is -2.32. The van der Waals surface area contributed by atoms with Crippen LogP contribution in [0.1, 0.15) is 43.7 Å². The molecule has 2 atom stereocenters. The molecule has 0 saturated carbocycles. The van der Waals surface area contributed by atoms with Crippen LogP contribution in [0.5, 0.6) is 0 Å². The van der Waals surface area contributed by atoms with Crippen molar-refractivity contribution in [1.29, 1.82) is 0 Å². The molecular formula is C21H27N5O3. The summed E-state index contributed by atoms with van der Waals surface area (Å²) in [5, 5.41) is 5.97. The van der Waals surface area contributed by atoms with Crippen LogP contribution >= 0.6 is 0 Å². The van der Waals surface area contributed by atoms with E-state index in [4.69, 9.17) is 4.74 Å². The highest BCUT2D eigenvalue weighted by Crippen LogP contribution is 2.30. The molecule has 0 bridgehead atoms. The van der Waals surface area contributed by atoms with E-state index in [1.807, 2.05) is 42.9 Å². The highest BCUT2D eigenvalue weighted by atomic mass is 16.5. The molecule has 2 aliphatic rings. The van der Waals surface area contributed by atoms with Crippen LogP contribution in [0.3, 0.4) is 0 Å². The molecule has 1 aromatic heterocycles. The smallest absolute Gasteiger partial charge is 0.319 e. The number of nitrogens with one attached hydrogen (secondary N) is 2. The van der Waals surface area contributed by atoms with Gasteiger partial charge in [-0.05, 0) is 49.9 Å². The van der Waals surface area contributed by atoms with Crippen LogP contribution in [0, 0.1) is 0 Å². The average molecular weight is 397 g/mol. The van der Waals surface area contributed by atoms with Gasteiger partial charge in [0, 0.05) is 50.4 Å². The molecule has 1 aromatic carbocycles. The minimum absolute atomic E-state index is 0.143. The van der Waals surface area contributed by atoms with Crippen molar-refractivity contribution in [3.05, 3.63) is 42.0 Å². The van der Waals surface area contributed by atoms with Gasteiger partial charge in [-0.15, -0.1) is 0 Å². The number of amides is 3. The Morgan fingerprint density at radius 3 is 2.97 bits per heavy atom. The quantitative estimate of drug-likeness (QED) is 0.830. The van der Waals surface area contributed by atoms with E-state index >= 15 is 0 Å². The van der Waals surface area contributed by atoms with Crippen molar-refractivity contribution in [2.45, 2.75) is 44.8 Å². The first-order valence-corrected chi connectivity index (χ1v) is 10.2. The lowest BCUT2D eigenvalue weighted by atomic mass is 10.0. The first-order valence-electron chi connectivity index (χ1n) is 10.2. The topological polar surface area (TPSA) is 88.5 Å². The van der Waals surface area contributed by atoms with E-state index in [1.165, 1.54) is 0 Å². The standard InChI is InChI=1S/C21H27N5O3/c1-3-26-17-8-7-15(13-14(17)6-9-18(26)27)23-21(28)24-16-5-4-12-29-19(16)20-22-10-11-25(20)2/h7-8,10-11,13,16,19H,3-6,9,12H2,1-2H3,(H2,23,24,28)/t16-,19-/m0/s1. The van der Waals surface area contributed by atoms with Crippen molar-refractivity contribution >= 4 is 23.3 Å². The zero-order valence-corrected chi connectivity index (χ0v) is 16.9. The number of rotatable bonds is 4. The molecular weight excluding hydrogens is 370 g/mol. The number of aromatic nitrogens is 2. The van der Waals surface area contributed by atoms with Crippen molar-refractivity contribution in [2.75, 3.05) is 23.4 Å². The number of fused-ring (bicyclic) bond motifs is 1. The van der Waals surface area contributed by atoms with Crippen molar-refractivity contribution < 1.29 is 14.3 Å². The van der Waals surface area contributed by atoms with E-state index in [2.05, 4.69) is 15.6 Å². The van der Waals surface area contributed by atoms with Gasteiger partial charge in [0.25, 0.3) is 0 Å². The number of nitrogens with zero attached hydrogens (tertiary/aromatic N) is 3. The number of aryl methyl sites for hydroxylation is 2. The number of imidazole rings is 1. The predicted octanol–water partition coefficient (Wildman–Crippen LogP) is 2.76. The summed E-state index contributed by atoms with van der Waals surface area (Å²) in [6.07, 6.45) is 6.28. The third-order valence-corrected chi connectivity index (χ3v) is 5.61. The molecule has 3 amide bonds. The summed E-state index contributed by atoms with van der Waals surface area (Å²) < 4.78 is 7.84. The molecule has 29 heavy (non-hydrogen) atoms. The SMILES string of the molecule is CCN1C(=O)CCc2cc(NC(=O)N[C@H]3CCCO[C@@H]3c3nccn3C)ccc21. The lowest BCUT2D eigenvalue weighted by Crippen LogP contribution is -2.45. The molecule has 0 radical (unpaired) electrons. The van der Waals surface area contributed by atoms with Gasteiger partial charge in [-0.3, -0.25) is 4.79 Å². The number of ether oxygens (including phenoxy) is 1. The summed E-state index contributed by atoms with van der Waals surface area (Å²) in [5.74, 6) is 0.962. The molecule has 4 rings (SSSR count). The summed E-state index contributed by atoms with van der Waals surface area (Å²) in [6, 6.07) is 5.30. The first-order chi connectivity index (χ1) is 14.1. The maximum Gasteiger partial charge on any atom is 0.319 e. The Morgan fingerprint density at radius 2 is 2.21 bits per heavy atom. The predicted molar refractivity (Wildman–Crippen MR) is 110 cm³/mol. The first kappa shape index (κ1) is 19.4. The van der Waals surface area contributed by atoms with Gasteiger partial charge in [0.15, 0.2) is 0 Å². The minimum Gasteiger partial charge on any atom is -0.368 e. The van der Waals surface area contributed by atoms with Crippen molar-refractivity contribution in [1.82, 2.24) is 14.9 Å². The Kier molecular flexibility index (Phi) is 5.53. The molecule has 0 spiro atoms. The molecule has 0 aliphatic carbocycles. The van der Waals surface area contributed by atoms with Gasteiger partial charge in [-0.25, -0.2) is 9.78 Å². The van der Waals surface area contributed by atoms with Crippen LogP contribution in [-0.2, 0) is 23.0 Å². The second-order valence-corrected chi connectivity index (χ2v) is 7.52. The lowest BCUT2D eigenvalue weighted by molar-refractivity contribution is -0.118. The Balaban J connectivity index is 1.44. The summed E-state index contributed by atoms with van der Waals surface area (Å²) in [5.41, 5.74) is 2.73. The second-order valence-electron chi connectivity index (χ2n) is 7.52. The minimum atomic E-state index is -0.265. The molecule has 1 saturated heterocycles. The van der Waals surface area contributed by atoms with Gasteiger partial charge in [0.05, 0.1) is 6.04 Å². The molecule has 0 unspecified atom stereocenters. The van der Waals surface area contributed by atoms with Crippen molar-refractivity contribution in [2.24, 2.45) is 7.05 Å². The van der Waals surface area contributed by atoms with Crippen LogP contribution in [0.15, 0.2) is 30.6 Å². The van der Waals surface area contributed by atoms with Crippen LogP contribution < -0.4 is 15.5 Å². The Hall–Kier alpha value is -2.87. The zero-order chi connectivity index (χ0) is 20.4. The van der Waals surface area contributed by atoms with E-state index in [9.17, 15) is 9.59 Å². The van der Waals surface area contributed by atoms with Crippen LogP contribution in [-0.4, -0.2) is 40.7 Å². The number of carbonyl (C=O) groups excluding carboxylic acids is 2. The monoisotopic (exact) mass is 397 g/mol. The molecule has 154 valence electrons. The number of benzene rings is 1. The highest BCUT2D eigenvalue weighted by Gasteiger charge is 2.31. The molecule has 2 aromatic rings. The maximum absolute atomic E-state index is 12.7. The summed E-state index contributed by atoms with van der Waals surface area (Å²) >= 11 is 0. The summed E-state index contributed by atoms with van der Waals surface area (Å²) in [6.45, 7) is 3.28. The molecule has 8 heteroatoms. The van der Waals surface area contributed by atoms with Crippen molar-refractivity contribution in [3.63, 3.8) is 0 Å². The fraction of sp³-hybridized carbons (Fsp3) is 0.476. The van der Waals surface area contributed by atoms with Gasteiger partial charge in [-0.2, -0.15) is 0 Å². The van der Waals surface area contributed by atoms with Gasteiger partial charge in [0.2, 0.25) is 5.91 Å². The number of anilines is 2. The molecule has 2 N–H and O–H groups in total. The second kappa shape index (κ2) is 8.24. The van der Waals surface area contributed by atoms with Gasteiger partial charge in [0.1, 0.15) is 11.9 Å². The Morgan fingerprint density at radius 1 is 1.34 bits per heavy atom. The van der Waals surface area contributed by atoms with Gasteiger partial charge >= 0.3 is 6.03 Å². The number of hydrogen-bond donors (Lipinski definition) is 2. The van der Waals surface area contributed by atoms with E-state index in [1.54, 1.807) is 11.1 Å². The molecule has 8 nitrogen and oxygen atoms in total. The number of carbonyl (C=O) groups is 2. The molecule has 2 aliphatic heterocycles. The van der Waals surface area contributed by atoms with Gasteiger partial charge < -0.3 is 24.8 Å². The van der Waals surface area contributed by atoms with Crippen LogP contribution in [0.4, 0.5) is 16.2 Å². The summed E-state index contributed by atoms with van der Waals surface area (Å²) in [7, 11) is 1.93. The van der Waals surface area contributed by atoms with E-state index in [0.717, 1.165) is 35.6 Å². The van der Waals surface area contributed by atoms with E-state index in [0.29, 0.717) is 26.0 Å². The Bertz CT molecular complexity index is 909. The van der Waals surface area contributed by atoms with E-state index < -0.39 is 0 Å². The number of urea groups is 1. The normalized spacial score (nSPS) is 21.6. The largest absolute Gasteiger partial charge is 0.368 e. The Labute approximate surface area is 170 Å². The average Bonchev–Trinajstić information content (AvgIpc) is 3.14. The van der Waals surface area contributed by atoms with Crippen molar-refractivity contribution in [3.8, 4) is 0 Å². The number of hydrogen-bond acceptors (Lipinski definition) is 4. The highest BCUT2D eigenvalue weighted by molar-refractivity contribution is 5.97. The zero-order valence-electron chi connectivity index (χ0n) is 16.9. The summed E-state index contributed by atoms with van der Waals surface area (Å²) in [4.78, 5) is 30.9. The fourth-order valence-electron chi connectivity index (χ4n) is 4.15. The molecule has 3 heterocycles. The van der Waals surface area contributed by atoms with Crippen LogP contribution in [0.25, 0.3) is 0 Å². The third kappa shape index (κ3) is 3.98. The van der Waals surface area contributed by atoms with Crippen LogP contribution in [0.2, 0.25) is 0 Å². The van der Waals surface area contributed by atoms with Gasteiger partial charge in [-0.1, -0.05) is 0 Å². The maximum atomic E-state index is 12.7. The molecule has 1 fully saturated rings. The third-order valence-electron chi connectivity index (χ3n) is 5.61. The fourth-order valence-corrected chi connectivity index (χ4v) is 4.15. The van der Waals surface area contributed by atoms with E-state index in [-0.39, 0.29) is 24.1 Å².